The largest absolute Gasteiger partial charge is 0.497 e. The Morgan fingerprint density at radius 2 is 2.36 bits per heavy atom. The number of carbonyl (C=O) groups is 1. The van der Waals surface area contributed by atoms with E-state index >= 15 is 0 Å². The highest BCUT2D eigenvalue weighted by atomic mass is 16.5. The summed E-state index contributed by atoms with van der Waals surface area (Å²) in [5, 5.41) is 5.53. The van der Waals surface area contributed by atoms with Crippen LogP contribution < -0.4 is 4.74 Å². The van der Waals surface area contributed by atoms with E-state index in [4.69, 9.17) is 10.3 Å². The lowest BCUT2D eigenvalue weighted by atomic mass is 10.1. The first kappa shape index (κ1) is 10.0. The van der Waals surface area contributed by atoms with E-state index in [9.17, 15) is 4.79 Å². The number of benzene rings is 1. The highest BCUT2D eigenvalue weighted by molar-refractivity contribution is 6.35. The lowest BCUT2D eigenvalue weighted by Crippen LogP contribution is -1.99. The molecule has 0 heterocycles. The molecule has 1 rings (SSSR count). The van der Waals surface area contributed by atoms with E-state index in [1.54, 1.807) is 24.3 Å². The topological polar surface area (TPSA) is 73.3 Å². The summed E-state index contributed by atoms with van der Waals surface area (Å²) in [6, 6.07) is 6.61. The van der Waals surface area contributed by atoms with Gasteiger partial charge in [-0.15, -0.1) is 0 Å². The molecule has 1 aromatic carbocycles. The minimum atomic E-state index is -0.346. The van der Waals surface area contributed by atoms with Gasteiger partial charge in [0.15, 0.2) is 5.78 Å². The van der Waals surface area contributed by atoms with Gasteiger partial charge in [-0.25, -0.2) is 0 Å². The Morgan fingerprint density at radius 1 is 1.57 bits per heavy atom. The molecule has 0 radical (unpaired) electrons. The highest BCUT2D eigenvalue weighted by Crippen LogP contribution is 2.12. The molecule has 0 bridgehead atoms. The van der Waals surface area contributed by atoms with Gasteiger partial charge in [0.25, 0.3) is 0 Å². The number of ether oxygens (including phenoxy) is 1. The Balaban J connectivity index is 2.89. The van der Waals surface area contributed by atoms with Crippen molar-refractivity contribution in [2.75, 3.05) is 7.11 Å². The Hall–Kier alpha value is -2.04. The number of carbonyl (C=O) groups excluding carboxylic acids is 1. The van der Waals surface area contributed by atoms with Crippen molar-refractivity contribution < 1.29 is 9.53 Å². The fourth-order valence-corrected chi connectivity index (χ4v) is 0.929. The highest BCUT2D eigenvalue weighted by Gasteiger charge is 2.01. The Labute approximate surface area is 80.9 Å². The number of ketones is 1. The smallest absolute Gasteiger partial charge is 0.183 e. The van der Waals surface area contributed by atoms with Crippen LogP contribution in [0.4, 0.5) is 0 Å². The molecule has 0 aromatic heterocycles. The molecule has 5 nitrogen and oxygen atoms in total. The minimum absolute atomic E-state index is 0.346. The van der Waals surface area contributed by atoms with E-state index in [2.05, 4.69) is 10.3 Å². The number of nitrogens with zero attached hydrogens (tertiary/aromatic N) is 3. The molecule has 0 amide bonds. The maximum absolute atomic E-state index is 11.3. The predicted molar refractivity (Wildman–Crippen MR) is 51.6 cm³/mol. The third-order valence-electron chi connectivity index (χ3n) is 1.58. The van der Waals surface area contributed by atoms with Gasteiger partial charge in [-0.05, 0) is 18.3 Å². The van der Waals surface area contributed by atoms with Crippen LogP contribution in [0.5, 0.6) is 5.75 Å². The molecule has 0 aliphatic rings. The fourth-order valence-electron chi connectivity index (χ4n) is 0.929. The van der Waals surface area contributed by atoms with Crippen molar-refractivity contribution in [2.24, 2.45) is 10.3 Å². The average Bonchev–Trinajstić information content (AvgIpc) is 2.26. The van der Waals surface area contributed by atoms with Crippen molar-refractivity contribution in [3.05, 3.63) is 35.4 Å². The molecule has 0 aliphatic heterocycles. The van der Waals surface area contributed by atoms with Crippen molar-refractivity contribution in [1.29, 1.82) is 0 Å². The normalized spacial score (nSPS) is 10.1. The van der Waals surface area contributed by atoms with Gasteiger partial charge < -0.3 is 15.4 Å². The zero-order valence-electron chi connectivity index (χ0n) is 7.54. The first-order valence-electron chi connectivity index (χ1n) is 3.83. The van der Waals surface area contributed by atoms with Gasteiger partial charge in [0.2, 0.25) is 0 Å². The lowest BCUT2D eigenvalue weighted by molar-refractivity contribution is 0.107. The second kappa shape index (κ2) is 4.86. The second-order valence-electron chi connectivity index (χ2n) is 2.43. The van der Waals surface area contributed by atoms with Gasteiger partial charge in [-0.3, -0.25) is 10.0 Å². The quantitative estimate of drug-likeness (QED) is 0.314. The van der Waals surface area contributed by atoms with E-state index in [1.165, 1.54) is 7.11 Å². The van der Waals surface area contributed by atoms with E-state index in [0.717, 1.165) is 6.21 Å². The number of Topliss-reactive ketones (excluding diaryl/α,β-unsaturated/α-hetero) is 1. The molecule has 5 heteroatoms. The first-order valence-corrected chi connectivity index (χ1v) is 3.83. The Kier molecular flexibility index (Phi) is 3.49. The maximum atomic E-state index is 11.3. The SMILES string of the molecule is COc1cccc(C(=O)C=NN=[N-])c1. The van der Waals surface area contributed by atoms with Crippen LogP contribution in [0.25, 0.3) is 5.53 Å². The summed E-state index contributed by atoms with van der Waals surface area (Å²) in [6.45, 7) is 0. The summed E-state index contributed by atoms with van der Waals surface area (Å²) in [5.74, 6) is 0.242. The minimum Gasteiger partial charge on any atom is -0.497 e. The molecule has 0 saturated carbocycles. The van der Waals surface area contributed by atoms with Crippen LogP contribution in [0.2, 0.25) is 0 Å². The molecular weight excluding hydrogens is 182 g/mol. The standard InChI is InChI=1S/C9H8N3O2/c1-14-8-4-2-3-7(5-8)9(13)6-11-12-10/h2-6H,1H3/q-1. The van der Waals surface area contributed by atoms with Gasteiger partial charge >= 0.3 is 0 Å². The van der Waals surface area contributed by atoms with Crippen molar-refractivity contribution in [2.45, 2.75) is 0 Å². The Bertz CT molecular complexity index is 374. The maximum Gasteiger partial charge on any atom is 0.183 e. The van der Waals surface area contributed by atoms with Crippen LogP contribution in [0, 0.1) is 0 Å². The molecule has 0 saturated heterocycles. The number of methoxy groups -OCH3 is 1. The van der Waals surface area contributed by atoms with E-state index in [-0.39, 0.29) is 5.78 Å². The van der Waals surface area contributed by atoms with Gasteiger partial charge in [0.1, 0.15) is 5.75 Å². The number of rotatable bonds is 4. The van der Waals surface area contributed by atoms with Gasteiger partial charge in [-0.1, -0.05) is 12.1 Å². The van der Waals surface area contributed by atoms with Crippen LogP contribution in [0.1, 0.15) is 10.4 Å². The zero-order valence-corrected chi connectivity index (χ0v) is 7.54. The molecule has 0 unspecified atom stereocenters. The number of hydrogen-bond donors (Lipinski definition) is 0. The van der Waals surface area contributed by atoms with Gasteiger partial charge in [-0.2, -0.15) is 0 Å². The van der Waals surface area contributed by atoms with Crippen LogP contribution in [0.3, 0.4) is 0 Å². The second-order valence-corrected chi connectivity index (χ2v) is 2.43. The third-order valence-corrected chi connectivity index (χ3v) is 1.58. The number of hydrogen-bond acceptors (Lipinski definition) is 3. The Morgan fingerprint density at radius 3 is 3.00 bits per heavy atom. The van der Waals surface area contributed by atoms with Crippen molar-refractivity contribution >= 4 is 12.0 Å². The summed E-state index contributed by atoms with van der Waals surface area (Å²) in [7, 11) is 1.51. The molecule has 1 aromatic rings. The molecule has 72 valence electrons. The summed E-state index contributed by atoms with van der Waals surface area (Å²) in [4.78, 5) is 11.3. The van der Waals surface area contributed by atoms with Crippen LogP contribution in [-0.4, -0.2) is 19.1 Å². The van der Waals surface area contributed by atoms with E-state index < -0.39 is 0 Å². The van der Waals surface area contributed by atoms with Crippen molar-refractivity contribution in [3.8, 4) is 5.75 Å². The molecule has 0 aliphatic carbocycles. The molecular formula is C9H8N3O2-. The molecule has 0 fully saturated rings. The summed E-state index contributed by atoms with van der Waals surface area (Å²) < 4.78 is 4.94. The summed E-state index contributed by atoms with van der Waals surface area (Å²) in [6.07, 6.45) is 0.925. The van der Waals surface area contributed by atoms with Crippen LogP contribution in [-0.2, 0) is 0 Å². The molecule has 0 N–H and O–H groups in total. The third kappa shape index (κ3) is 2.48. The van der Waals surface area contributed by atoms with Gasteiger partial charge in [0, 0.05) is 5.56 Å². The molecule has 0 spiro atoms. The van der Waals surface area contributed by atoms with Crippen LogP contribution >= 0.6 is 0 Å². The van der Waals surface area contributed by atoms with Gasteiger partial charge in [0.05, 0.1) is 7.11 Å². The van der Waals surface area contributed by atoms with Crippen molar-refractivity contribution in [3.63, 3.8) is 0 Å². The fraction of sp³-hybridized carbons (Fsp3) is 0.111. The lowest BCUT2D eigenvalue weighted by Gasteiger charge is -2.01. The average molecular weight is 190 g/mol. The monoisotopic (exact) mass is 190 g/mol. The zero-order chi connectivity index (χ0) is 10.4. The van der Waals surface area contributed by atoms with Crippen molar-refractivity contribution in [1.82, 2.24) is 0 Å². The van der Waals surface area contributed by atoms with E-state index in [0.29, 0.717) is 11.3 Å². The summed E-state index contributed by atoms with van der Waals surface area (Å²) >= 11 is 0. The molecule has 14 heavy (non-hydrogen) atoms. The molecule has 0 atom stereocenters. The first-order chi connectivity index (χ1) is 6.77. The van der Waals surface area contributed by atoms with Crippen LogP contribution in [0.15, 0.2) is 34.6 Å². The summed E-state index contributed by atoms with van der Waals surface area (Å²) in [5.41, 5.74) is 8.44. The van der Waals surface area contributed by atoms with E-state index in [1.807, 2.05) is 0 Å². The predicted octanol–water partition coefficient (Wildman–Crippen LogP) is 1.89.